The van der Waals surface area contributed by atoms with E-state index in [1.54, 1.807) is 6.26 Å². The Bertz CT molecular complexity index is 508. The van der Waals surface area contributed by atoms with E-state index in [0.29, 0.717) is 24.0 Å². The topological polar surface area (TPSA) is 67.3 Å². The van der Waals surface area contributed by atoms with Gasteiger partial charge in [-0.2, -0.15) is 4.98 Å². The van der Waals surface area contributed by atoms with Crippen LogP contribution in [0.5, 0.6) is 0 Å². The molecule has 1 N–H and O–H groups in total. The fraction of sp³-hybridized carbons (Fsp3) is 0.538. The third-order valence-corrected chi connectivity index (χ3v) is 3.43. The van der Waals surface area contributed by atoms with E-state index in [-0.39, 0.29) is 0 Å². The highest BCUT2D eigenvalue weighted by Crippen LogP contribution is 2.20. The summed E-state index contributed by atoms with van der Waals surface area (Å²) < 4.78 is 10.5. The third kappa shape index (κ3) is 2.85. The quantitative estimate of drug-likeness (QED) is 0.877. The zero-order valence-electron chi connectivity index (χ0n) is 11.0. The molecule has 1 fully saturated rings. The van der Waals surface area contributed by atoms with Gasteiger partial charge in [0.25, 0.3) is 0 Å². The number of aromatic nitrogens is 2. The van der Waals surface area contributed by atoms with Gasteiger partial charge < -0.3 is 14.3 Å². The van der Waals surface area contributed by atoms with Crippen molar-refractivity contribution in [3.63, 3.8) is 0 Å². The summed E-state index contributed by atoms with van der Waals surface area (Å²) in [7, 11) is 2.00. The Morgan fingerprint density at radius 1 is 1.53 bits per heavy atom. The van der Waals surface area contributed by atoms with Gasteiger partial charge in [-0.3, -0.25) is 4.90 Å². The van der Waals surface area contributed by atoms with Crippen LogP contribution in [-0.4, -0.2) is 41.7 Å². The number of likely N-dealkylation sites (tertiary alicyclic amines) is 1. The maximum Gasteiger partial charge on any atom is 0.241 e. The monoisotopic (exact) mass is 262 g/mol. The third-order valence-electron chi connectivity index (χ3n) is 3.43. The Morgan fingerprint density at radius 2 is 2.47 bits per heavy atom. The molecule has 0 aromatic carbocycles. The highest BCUT2D eigenvalue weighted by atomic mass is 16.5. The minimum atomic E-state index is 0.519. The van der Waals surface area contributed by atoms with Crippen LogP contribution in [0.4, 0.5) is 0 Å². The average Bonchev–Trinajstić information content (AvgIpc) is 3.10. The summed E-state index contributed by atoms with van der Waals surface area (Å²) >= 11 is 0. The molecule has 0 radical (unpaired) electrons. The van der Waals surface area contributed by atoms with Gasteiger partial charge in [-0.05, 0) is 44.6 Å². The van der Waals surface area contributed by atoms with Crippen LogP contribution in [0, 0.1) is 5.92 Å². The molecule has 0 aliphatic carbocycles. The minimum Gasteiger partial charge on any atom is -0.461 e. The number of rotatable bonds is 5. The highest BCUT2D eigenvalue weighted by Gasteiger charge is 2.23. The highest BCUT2D eigenvalue weighted by molar-refractivity contribution is 5.44. The summed E-state index contributed by atoms with van der Waals surface area (Å²) in [6.45, 7) is 3.95. The minimum absolute atomic E-state index is 0.519. The van der Waals surface area contributed by atoms with Crippen LogP contribution in [-0.2, 0) is 6.54 Å². The molecule has 19 heavy (non-hydrogen) atoms. The van der Waals surface area contributed by atoms with Crippen molar-refractivity contribution in [2.45, 2.75) is 13.0 Å². The predicted molar refractivity (Wildman–Crippen MR) is 69.3 cm³/mol. The first-order chi connectivity index (χ1) is 9.35. The van der Waals surface area contributed by atoms with E-state index in [0.717, 1.165) is 25.6 Å². The molecule has 1 saturated heterocycles. The van der Waals surface area contributed by atoms with E-state index in [1.807, 2.05) is 19.2 Å². The van der Waals surface area contributed by atoms with Crippen LogP contribution < -0.4 is 5.32 Å². The molecule has 0 saturated carbocycles. The number of hydrogen-bond acceptors (Lipinski definition) is 6. The molecule has 2 aromatic heterocycles. The van der Waals surface area contributed by atoms with Crippen molar-refractivity contribution < 1.29 is 8.94 Å². The number of nitrogens with zero attached hydrogens (tertiary/aromatic N) is 3. The van der Waals surface area contributed by atoms with Crippen molar-refractivity contribution in [1.82, 2.24) is 20.4 Å². The molecule has 1 aliphatic heterocycles. The maximum atomic E-state index is 5.27. The fourth-order valence-corrected chi connectivity index (χ4v) is 2.53. The summed E-state index contributed by atoms with van der Waals surface area (Å²) in [4.78, 5) is 6.71. The number of furan rings is 1. The smallest absolute Gasteiger partial charge is 0.241 e. The molecule has 102 valence electrons. The Balaban J connectivity index is 1.59. The second-order valence-corrected chi connectivity index (χ2v) is 4.94. The first-order valence-electron chi connectivity index (χ1n) is 6.58. The molecule has 6 nitrogen and oxygen atoms in total. The van der Waals surface area contributed by atoms with Crippen LogP contribution in [0.3, 0.4) is 0 Å². The average molecular weight is 262 g/mol. The Hall–Kier alpha value is -1.66. The largest absolute Gasteiger partial charge is 0.461 e. The Morgan fingerprint density at radius 3 is 3.26 bits per heavy atom. The lowest BCUT2D eigenvalue weighted by molar-refractivity contribution is 0.260. The van der Waals surface area contributed by atoms with Crippen molar-refractivity contribution in [2.24, 2.45) is 5.92 Å². The van der Waals surface area contributed by atoms with Gasteiger partial charge in [0.05, 0.1) is 12.8 Å². The number of hydrogen-bond donors (Lipinski definition) is 1. The molecule has 0 spiro atoms. The van der Waals surface area contributed by atoms with Crippen molar-refractivity contribution in [1.29, 1.82) is 0 Å². The summed E-state index contributed by atoms with van der Waals surface area (Å²) in [5, 5.41) is 7.16. The van der Waals surface area contributed by atoms with Crippen LogP contribution in [0.2, 0.25) is 0 Å². The molecule has 6 heteroatoms. The molecule has 2 aromatic rings. The van der Waals surface area contributed by atoms with Crippen LogP contribution in [0.25, 0.3) is 11.6 Å². The van der Waals surface area contributed by atoms with Gasteiger partial charge in [0, 0.05) is 6.54 Å². The Kier molecular flexibility index (Phi) is 3.61. The lowest BCUT2D eigenvalue weighted by Gasteiger charge is -2.12. The predicted octanol–water partition coefficient (Wildman–Crippen LogP) is 1.37. The summed E-state index contributed by atoms with van der Waals surface area (Å²) in [5.41, 5.74) is 0. The van der Waals surface area contributed by atoms with E-state index in [1.165, 1.54) is 6.42 Å². The first-order valence-corrected chi connectivity index (χ1v) is 6.58. The molecule has 1 atom stereocenters. The van der Waals surface area contributed by atoms with Crippen molar-refractivity contribution >= 4 is 0 Å². The van der Waals surface area contributed by atoms with Gasteiger partial charge in [-0.1, -0.05) is 5.16 Å². The molecule has 0 amide bonds. The molecular weight excluding hydrogens is 244 g/mol. The van der Waals surface area contributed by atoms with Crippen molar-refractivity contribution in [3.05, 3.63) is 24.3 Å². The molecule has 1 unspecified atom stereocenters. The molecule has 1 aliphatic rings. The standard InChI is InChI=1S/C13H18N4O2/c1-14-7-10-4-5-17(8-10)9-12-15-13(16-19-12)11-3-2-6-18-11/h2-3,6,10,14H,4-5,7-9H2,1H3. The molecule has 3 rings (SSSR count). The van der Waals surface area contributed by atoms with Gasteiger partial charge in [-0.15, -0.1) is 0 Å². The van der Waals surface area contributed by atoms with Gasteiger partial charge in [0.2, 0.25) is 11.7 Å². The van der Waals surface area contributed by atoms with Crippen LogP contribution in [0.1, 0.15) is 12.3 Å². The Labute approximate surface area is 111 Å². The van der Waals surface area contributed by atoms with Crippen molar-refractivity contribution in [2.75, 3.05) is 26.7 Å². The molecule has 0 bridgehead atoms. The second kappa shape index (κ2) is 5.54. The summed E-state index contributed by atoms with van der Waals surface area (Å²) in [5.74, 6) is 2.53. The molecular formula is C13H18N4O2. The normalized spacial score (nSPS) is 20.2. The SMILES string of the molecule is CNCC1CCN(Cc2nc(-c3ccco3)no2)C1. The van der Waals surface area contributed by atoms with E-state index < -0.39 is 0 Å². The van der Waals surface area contributed by atoms with Gasteiger partial charge in [0.1, 0.15) is 0 Å². The second-order valence-electron chi connectivity index (χ2n) is 4.94. The zero-order chi connectivity index (χ0) is 13.1. The van der Waals surface area contributed by atoms with Crippen molar-refractivity contribution in [3.8, 4) is 11.6 Å². The van der Waals surface area contributed by atoms with E-state index in [4.69, 9.17) is 8.94 Å². The van der Waals surface area contributed by atoms with E-state index >= 15 is 0 Å². The van der Waals surface area contributed by atoms with E-state index in [9.17, 15) is 0 Å². The maximum absolute atomic E-state index is 5.27. The lowest BCUT2D eigenvalue weighted by atomic mass is 10.1. The van der Waals surface area contributed by atoms with E-state index in [2.05, 4.69) is 20.4 Å². The number of nitrogens with one attached hydrogen (secondary N) is 1. The summed E-state index contributed by atoms with van der Waals surface area (Å²) in [6.07, 6.45) is 2.83. The fourth-order valence-electron chi connectivity index (χ4n) is 2.53. The van der Waals surface area contributed by atoms with Gasteiger partial charge in [0.15, 0.2) is 5.76 Å². The van der Waals surface area contributed by atoms with Gasteiger partial charge >= 0.3 is 0 Å². The summed E-state index contributed by atoms with van der Waals surface area (Å²) in [6, 6.07) is 3.64. The zero-order valence-corrected chi connectivity index (χ0v) is 11.0. The van der Waals surface area contributed by atoms with Crippen LogP contribution in [0.15, 0.2) is 27.3 Å². The lowest BCUT2D eigenvalue weighted by Crippen LogP contribution is -2.24. The first kappa shape index (κ1) is 12.4. The van der Waals surface area contributed by atoms with Crippen LogP contribution >= 0.6 is 0 Å². The van der Waals surface area contributed by atoms with Gasteiger partial charge in [-0.25, -0.2) is 0 Å². The molecule has 3 heterocycles.